The van der Waals surface area contributed by atoms with Gasteiger partial charge in [-0.3, -0.25) is 13.9 Å². The third-order valence-corrected chi connectivity index (χ3v) is 8.22. The molecule has 0 heterocycles. The number of aryl methyl sites for hydroxylation is 1. The third-order valence-electron chi connectivity index (χ3n) is 6.43. The molecule has 3 rings (SSSR count). The van der Waals surface area contributed by atoms with E-state index in [9.17, 15) is 22.4 Å². The Bertz CT molecular complexity index is 1400. The first-order valence-electron chi connectivity index (χ1n) is 13.2. The Hall–Kier alpha value is -3.92. The Morgan fingerprint density at radius 3 is 2.23 bits per heavy atom. The molecule has 0 bridgehead atoms. The maximum atomic E-state index is 13.9. The van der Waals surface area contributed by atoms with Crippen LogP contribution in [-0.2, 0) is 26.2 Å². The Labute approximate surface area is 235 Å². The molecule has 1 N–H and O–H groups in total. The molecule has 0 aliphatic carbocycles. The van der Waals surface area contributed by atoms with Crippen molar-refractivity contribution in [3.8, 4) is 5.75 Å². The number of halogens is 1. The van der Waals surface area contributed by atoms with Crippen molar-refractivity contribution in [3.63, 3.8) is 0 Å². The number of rotatable bonds is 13. The Balaban J connectivity index is 2.03. The zero-order valence-electron chi connectivity index (χ0n) is 23.3. The van der Waals surface area contributed by atoms with Crippen molar-refractivity contribution in [2.24, 2.45) is 0 Å². The molecular weight excluding hydrogens is 533 g/mol. The third kappa shape index (κ3) is 7.59. The van der Waals surface area contributed by atoms with E-state index in [1.807, 2.05) is 45.0 Å². The maximum absolute atomic E-state index is 13.9. The van der Waals surface area contributed by atoms with Crippen LogP contribution in [0.4, 0.5) is 10.1 Å². The topological polar surface area (TPSA) is 96.0 Å². The highest BCUT2D eigenvalue weighted by molar-refractivity contribution is 7.92. The molecule has 1 unspecified atom stereocenters. The van der Waals surface area contributed by atoms with Gasteiger partial charge in [-0.1, -0.05) is 31.2 Å². The van der Waals surface area contributed by atoms with Crippen LogP contribution in [0, 0.1) is 12.7 Å². The SMILES string of the molecule is CCCNC(=O)C(C)N(Cc1ccccc1C)C(=O)CN(c1ccc(OCC)cc1)S(=O)(=O)c1ccc(F)cc1. The molecule has 0 aromatic heterocycles. The summed E-state index contributed by atoms with van der Waals surface area (Å²) in [4.78, 5) is 28.1. The van der Waals surface area contributed by atoms with Gasteiger partial charge in [-0.15, -0.1) is 0 Å². The number of anilines is 1. The van der Waals surface area contributed by atoms with Gasteiger partial charge in [0.05, 0.1) is 17.2 Å². The molecule has 0 spiro atoms. The standard InChI is InChI=1S/C30H36FN3O5S/c1-5-19-32-30(36)23(4)33(20-24-10-8-7-9-22(24)3)29(35)21-34(26-13-15-27(16-14-26)39-6-2)40(37,38)28-17-11-25(31)12-18-28/h7-18,23H,5-6,19-21H2,1-4H3,(H,32,36). The summed E-state index contributed by atoms with van der Waals surface area (Å²) in [6.07, 6.45) is 0.728. The number of nitrogens with zero attached hydrogens (tertiary/aromatic N) is 2. The van der Waals surface area contributed by atoms with E-state index in [0.717, 1.165) is 46.1 Å². The van der Waals surface area contributed by atoms with E-state index in [1.165, 1.54) is 4.90 Å². The van der Waals surface area contributed by atoms with E-state index in [-0.39, 0.29) is 23.0 Å². The van der Waals surface area contributed by atoms with Crippen LogP contribution in [0.25, 0.3) is 0 Å². The van der Waals surface area contributed by atoms with Gasteiger partial charge >= 0.3 is 0 Å². The van der Waals surface area contributed by atoms with Crippen molar-refractivity contribution in [2.45, 2.75) is 51.6 Å². The number of carbonyl (C=O) groups is 2. The molecule has 0 fully saturated rings. The highest BCUT2D eigenvalue weighted by Gasteiger charge is 2.32. The van der Waals surface area contributed by atoms with Crippen molar-refractivity contribution in [3.05, 3.63) is 89.7 Å². The second-order valence-electron chi connectivity index (χ2n) is 9.31. The largest absolute Gasteiger partial charge is 0.494 e. The fraction of sp³-hybridized carbons (Fsp3) is 0.333. The summed E-state index contributed by atoms with van der Waals surface area (Å²) in [5, 5.41) is 2.82. The predicted octanol–water partition coefficient (Wildman–Crippen LogP) is 4.67. The average Bonchev–Trinajstić information content (AvgIpc) is 2.94. The number of amides is 2. The smallest absolute Gasteiger partial charge is 0.264 e. The monoisotopic (exact) mass is 569 g/mol. The summed E-state index contributed by atoms with van der Waals surface area (Å²) in [7, 11) is -4.29. The lowest BCUT2D eigenvalue weighted by Crippen LogP contribution is -2.51. The molecule has 3 aromatic rings. The van der Waals surface area contributed by atoms with Gasteiger partial charge in [0.2, 0.25) is 11.8 Å². The molecule has 214 valence electrons. The van der Waals surface area contributed by atoms with E-state index in [2.05, 4.69) is 5.32 Å². The lowest BCUT2D eigenvalue weighted by Gasteiger charge is -2.32. The number of hydrogen-bond acceptors (Lipinski definition) is 5. The van der Waals surface area contributed by atoms with E-state index < -0.39 is 34.3 Å². The molecule has 0 aliphatic rings. The van der Waals surface area contributed by atoms with Crippen LogP contribution in [0.2, 0.25) is 0 Å². The van der Waals surface area contributed by atoms with Gasteiger partial charge in [0, 0.05) is 13.1 Å². The lowest BCUT2D eigenvalue weighted by molar-refractivity contribution is -0.139. The van der Waals surface area contributed by atoms with E-state index in [1.54, 1.807) is 31.2 Å². The van der Waals surface area contributed by atoms with Crippen LogP contribution >= 0.6 is 0 Å². The van der Waals surface area contributed by atoms with Gasteiger partial charge in [-0.2, -0.15) is 0 Å². The van der Waals surface area contributed by atoms with Crippen LogP contribution in [0.3, 0.4) is 0 Å². The lowest BCUT2D eigenvalue weighted by atomic mass is 10.1. The Morgan fingerprint density at radius 1 is 0.975 bits per heavy atom. The highest BCUT2D eigenvalue weighted by Crippen LogP contribution is 2.27. The number of nitrogens with one attached hydrogen (secondary N) is 1. The van der Waals surface area contributed by atoms with E-state index >= 15 is 0 Å². The number of sulfonamides is 1. The quantitative estimate of drug-likeness (QED) is 0.323. The van der Waals surface area contributed by atoms with Crippen LogP contribution in [-0.4, -0.2) is 50.9 Å². The fourth-order valence-electron chi connectivity index (χ4n) is 4.09. The first kappa shape index (κ1) is 30.6. The van der Waals surface area contributed by atoms with Crippen molar-refractivity contribution < 1.29 is 27.1 Å². The molecule has 0 radical (unpaired) electrons. The molecular formula is C30H36FN3O5S. The molecule has 3 aromatic carbocycles. The Kier molecular flexibility index (Phi) is 10.7. The highest BCUT2D eigenvalue weighted by atomic mass is 32.2. The van der Waals surface area contributed by atoms with Crippen LogP contribution in [0.1, 0.15) is 38.3 Å². The Morgan fingerprint density at radius 2 is 1.62 bits per heavy atom. The second kappa shape index (κ2) is 13.9. The van der Waals surface area contributed by atoms with Crippen LogP contribution < -0.4 is 14.4 Å². The van der Waals surface area contributed by atoms with Gasteiger partial charge < -0.3 is 15.0 Å². The summed E-state index contributed by atoms with van der Waals surface area (Å²) in [6.45, 7) is 7.70. The van der Waals surface area contributed by atoms with Gasteiger partial charge in [0.25, 0.3) is 10.0 Å². The first-order valence-corrected chi connectivity index (χ1v) is 14.6. The molecule has 0 saturated carbocycles. The summed E-state index contributed by atoms with van der Waals surface area (Å²) >= 11 is 0. The van der Waals surface area contributed by atoms with E-state index in [4.69, 9.17) is 4.74 Å². The summed E-state index contributed by atoms with van der Waals surface area (Å²) < 4.78 is 47.6. The molecule has 0 aliphatic heterocycles. The van der Waals surface area contributed by atoms with E-state index in [0.29, 0.717) is 18.9 Å². The predicted molar refractivity (Wildman–Crippen MR) is 153 cm³/mol. The van der Waals surface area contributed by atoms with Crippen molar-refractivity contribution in [2.75, 3.05) is 24.0 Å². The minimum atomic E-state index is -4.29. The molecule has 2 amide bonds. The van der Waals surface area contributed by atoms with Gasteiger partial charge in [0.15, 0.2) is 0 Å². The zero-order chi connectivity index (χ0) is 29.3. The normalized spacial score (nSPS) is 11.9. The number of ether oxygens (including phenoxy) is 1. The van der Waals surface area contributed by atoms with Crippen molar-refractivity contribution in [1.29, 1.82) is 0 Å². The van der Waals surface area contributed by atoms with Crippen LogP contribution in [0.5, 0.6) is 5.75 Å². The summed E-state index contributed by atoms with van der Waals surface area (Å²) in [5.41, 5.74) is 1.99. The minimum Gasteiger partial charge on any atom is -0.494 e. The summed E-state index contributed by atoms with van der Waals surface area (Å²) in [6, 6.07) is 17.4. The number of hydrogen-bond donors (Lipinski definition) is 1. The van der Waals surface area contributed by atoms with Gasteiger partial charge in [0.1, 0.15) is 24.2 Å². The number of benzene rings is 3. The fourth-order valence-corrected chi connectivity index (χ4v) is 5.50. The minimum absolute atomic E-state index is 0.111. The summed E-state index contributed by atoms with van der Waals surface area (Å²) in [5.74, 6) is -0.946. The number of carbonyl (C=O) groups excluding carboxylic acids is 2. The van der Waals surface area contributed by atoms with Gasteiger partial charge in [-0.05, 0) is 86.8 Å². The van der Waals surface area contributed by atoms with Crippen LogP contribution in [0.15, 0.2) is 77.7 Å². The maximum Gasteiger partial charge on any atom is 0.264 e. The second-order valence-corrected chi connectivity index (χ2v) is 11.2. The molecule has 10 heteroatoms. The van der Waals surface area contributed by atoms with Crippen molar-refractivity contribution >= 4 is 27.5 Å². The molecule has 40 heavy (non-hydrogen) atoms. The molecule has 1 atom stereocenters. The van der Waals surface area contributed by atoms with Crippen molar-refractivity contribution in [1.82, 2.24) is 10.2 Å². The van der Waals surface area contributed by atoms with Gasteiger partial charge in [-0.25, -0.2) is 12.8 Å². The molecule has 0 saturated heterocycles. The average molecular weight is 570 g/mol. The zero-order valence-corrected chi connectivity index (χ0v) is 24.1. The first-order chi connectivity index (χ1) is 19.1. The molecule has 8 nitrogen and oxygen atoms in total.